The Morgan fingerprint density at radius 1 is 1.16 bits per heavy atom. The molecule has 1 saturated carbocycles. The van der Waals surface area contributed by atoms with Crippen LogP contribution in [0.15, 0.2) is 12.1 Å². The molecule has 0 spiro atoms. The molecular weight excluding hydrogens is 254 g/mol. The summed E-state index contributed by atoms with van der Waals surface area (Å²) in [5.41, 5.74) is 0. The van der Waals surface area contributed by atoms with Crippen LogP contribution < -0.4 is 5.32 Å². The minimum atomic E-state index is 0.479. The molecule has 0 saturated heterocycles. The SMILES string of the molecule is CCCNC1CCC(OCc2ccc(CC)s2)CC1. The maximum Gasteiger partial charge on any atom is 0.0813 e. The highest BCUT2D eigenvalue weighted by Crippen LogP contribution is 2.24. The van der Waals surface area contributed by atoms with Gasteiger partial charge in [0.2, 0.25) is 0 Å². The van der Waals surface area contributed by atoms with Gasteiger partial charge in [-0.3, -0.25) is 0 Å². The van der Waals surface area contributed by atoms with Crippen molar-refractivity contribution < 1.29 is 4.74 Å². The second-order valence-electron chi connectivity index (χ2n) is 5.46. The maximum atomic E-state index is 6.06. The lowest BCUT2D eigenvalue weighted by Gasteiger charge is -2.29. The number of nitrogens with one attached hydrogen (secondary N) is 1. The van der Waals surface area contributed by atoms with Gasteiger partial charge in [-0.25, -0.2) is 0 Å². The van der Waals surface area contributed by atoms with Crippen molar-refractivity contribution >= 4 is 11.3 Å². The van der Waals surface area contributed by atoms with E-state index in [-0.39, 0.29) is 0 Å². The third-order valence-electron chi connectivity index (χ3n) is 3.88. The van der Waals surface area contributed by atoms with Crippen LogP contribution in [0.1, 0.15) is 55.7 Å². The largest absolute Gasteiger partial charge is 0.373 e. The predicted octanol–water partition coefficient (Wildman–Crippen LogP) is 4.14. The van der Waals surface area contributed by atoms with Crippen LogP contribution >= 0.6 is 11.3 Å². The zero-order chi connectivity index (χ0) is 13.5. The first-order chi connectivity index (χ1) is 9.31. The van der Waals surface area contributed by atoms with Gasteiger partial charge >= 0.3 is 0 Å². The fourth-order valence-electron chi connectivity index (χ4n) is 2.67. The van der Waals surface area contributed by atoms with Crippen molar-refractivity contribution in [1.82, 2.24) is 5.32 Å². The van der Waals surface area contributed by atoms with Crippen LogP contribution in [0.3, 0.4) is 0 Å². The Balaban J connectivity index is 1.65. The van der Waals surface area contributed by atoms with Gasteiger partial charge in [0.05, 0.1) is 12.7 Å². The molecule has 0 atom stereocenters. The molecule has 0 amide bonds. The highest BCUT2D eigenvalue weighted by Gasteiger charge is 2.21. The smallest absolute Gasteiger partial charge is 0.0813 e. The van der Waals surface area contributed by atoms with Crippen LogP contribution in [0, 0.1) is 0 Å². The number of hydrogen-bond acceptors (Lipinski definition) is 3. The molecule has 3 heteroatoms. The number of rotatable bonds is 7. The van der Waals surface area contributed by atoms with Gasteiger partial charge < -0.3 is 10.1 Å². The summed E-state index contributed by atoms with van der Waals surface area (Å²) in [5.74, 6) is 0. The highest BCUT2D eigenvalue weighted by molar-refractivity contribution is 7.11. The van der Waals surface area contributed by atoms with Crippen molar-refractivity contribution in [2.24, 2.45) is 0 Å². The van der Waals surface area contributed by atoms with Crippen LogP contribution in [-0.2, 0) is 17.8 Å². The van der Waals surface area contributed by atoms with Gasteiger partial charge in [0.25, 0.3) is 0 Å². The number of thiophene rings is 1. The lowest BCUT2D eigenvalue weighted by atomic mass is 9.93. The first-order valence-corrected chi connectivity index (χ1v) is 8.56. The molecule has 0 unspecified atom stereocenters. The van der Waals surface area contributed by atoms with Gasteiger partial charge in [0.15, 0.2) is 0 Å². The molecule has 1 aromatic rings. The second-order valence-corrected chi connectivity index (χ2v) is 6.71. The molecule has 1 aromatic heterocycles. The van der Waals surface area contributed by atoms with E-state index in [2.05, 4.69) is 31.3 Å². The van der Waals surface area contributed by atoms with Crippen LogP contribution in [-0.4, -0.2) is 18.7 Å². The van der Waals surface area contributed by atoms with Gasteiger partial charge in [-0.2, -0.15) is 0 Å². The van der Waals surface area contributed by atoms with Crippen molar-refractivity contribution in [3.8, 4) is 0 Å². The van der Waals surface area contributed by atoms with Crippen molar-refractivity contribution in [1.29, 1.82) is 0 Å². The average Bonchev–Trinajstić information content (AvgIpc) is 2.92. The molecular formula is C16H27NOS. The van der Waals surface area contributed by atoms with Gasteiger partial charge in [0, 0.05) is 15.8 Å². The van der Waals surface area contributed by atoms with Gasteiger partial charge in [-0.05, 0) is 57.2 Å². The predicted molar refractivity (Wildman–Crippen MR) is 82.8 cm³/mol. The van der Waals surface area contributed by atoms with E-state index >= 15 is 0 Å². The Morgan fingerprint density at radius 3 is 2.53 bits per heavy atom. The Morgan fingerprint density at radius 2 is 1.89 bits per heavy atom. The first-order valence-electron chi connectivity index (χ1n) is 7.74. The summed E-state index contributed by atoms with van der Waals surface area (Å²) in [6.07, 6.45) is 7.82. The van der Waals surface area contributed by atoms with Crippen molar-refractivity contribution in [2.75, 3.05) is 6.54 Å². The molecule has 2 rings (SSSR count). The number of hydrogen-bond donors (Lipinski definition) is 1. The van der Waals surface area contributed by atoms with Crippen molar-refractivity contribution in [3.05, 3.63) is 21.9 Å². The van der Waals surface area contributed by atoms with E-state index in [1.165, 1.54) is 41.9 Å². The quantitative estimate of drug-likeness (QED) is 0.811. The molecule has 1 aliphatic rings. The Hall–Kier alpha value is -0.380. The van der Waals surface area contributed by atoms with Gasteiger partial charge in [0.1, 0.15) is 0 Å². The normalized spacial score (nSPS) is 23.7. The fourth-order valence-corrected chi connectivity index (χ4v) is 3.55. The summed E-state index contributed by atoms with van der Waals surface area (Å²) in [4.78, 5) is 2.84. The van der Waals surface area contributed by atoms with Crippen molar-refractivity contribution in [2.45, 2.75) is 71.1 Å². The minimum absolute atomic E-state index is 0.479. The van der Waals surface area contributed by atoms with E-state index in [0.717, 1.165) is 25.6 Å². The monoisotopic (exact) mass is 281 g/mol. The summed E-state index contributed by atoms with van der Waals surface area (Å²) < 4.78 is 6.06. The van der Waals surface area contributed by atoms with Crippen LogP contribution in [0.25, 0.3) is 0 Å². The Kier molecular flexibility index (Phi) is 6.35. The molecule has 1 N–H and O–H groups in total. The number of aryl methyl sites for hydroxylation is 1. The summed E-state index contributed by atoms with van der Waals surface area (Å²) in [6.45, 7) is 6.40. The van der Waals surface area contributed by atoms with Crippen molar-refractivity contribution in [3.63, 3.8) is 0 Å². The third kappa shape index (κ3) is 4.90. The number of ether oxygens (including phenoxy) is 1. The second kappa shape index (κ2) is 8.03. The van der Waals surface area contributed by atoms with E-state index < -0.39 is 0 Å². The molecule has 108 valence electrons. The molecule has 0 aliphatic heterocycles. The van der Waals surface area contributed by atoms with E-state index in [4.69, 9.17) is 4.74 Å². The molecule has 0 bridgehead atoms. The van der Waals surface area contributed by atoms with E-state index in [9.17, 15) is 0 Å². The van der Waals surface area contributed by atoms with Crippen LogP contribution in [0.4, 0.5) is 0 Å². The topological polar surface area (TPSA) is 21.3 Å². The third-order valence-corrected chi connectivity index (χ3v) is 5.09. The minimum Gasteiger partial charge on any atom is -0.373 e. The molecule has 1 fully saturated rings. The maximum absolute atomic E-state index is 6.06. The molecule has 1 heterocycles. The zero-order valence-electron chi connectivity index (χ0n) is 12.3. The summed E-state index contributed by atoms with van der Waals surface area (Å²) in [6, 6.07) is 5.18. The molecule has 0 radical (unpaired) electrons. The molecule has 2 nitrogen and oxygen atoms in total. The molecule has 0 aromatic carbocycles. The van der Waals surface area contributed by atoms with E-state index in [1.807, 2.05) is 11.3 Å². The average molecular weight is 281 g/mol. The first kappa shape index (κ1) is 15.0. The standard InChI is InChI=1S/C16H27NOS/c1-3-11-17-13-5-7-14(8-6-13)18-12-16-10-9-15(4-2)19-16/h9-10,13-14,17H,3-8,11-12H2,1-2H3. The summed E-state index contributed by atoms with van der Waals surface area (Å²) in [5, 5.41) is 3.62. The zero-order valence-corrected chi connectivity index (χ0v) is 13.1. The summed E-state index contributed by atoms with van der Waals surface area (Å²) in [7, 11) is 0. The lowest BCUT2D eigenvalue weighted by molar-refractivity contribution is 0.0126. The fraction of sp³-hybridized carbons (Fsp3) is 0.750. The Bertz CT molecular complexity index is 355. The Labute approximate surface area is 121 Å². The van der Waals surface area contributed by atoms with Gasteiger partial charge in [-0.15, -0.1) is 11.3 Å². The van der Waals surface area contributed by atoms with Gasteiger partial charge in [-0.1, -0.05) is 13.8 Å². The van der Waals surface area contributed by atoms with Crippen LogP contribution in [0.5, 0.6) is 0 Å². The van der Waals surface area contributed by atoms with Crippen LogP contribution in [0.2, 0.25) is 0 Å². The summed E-state index contributed by atoms with van der Waals surface area (Å²) >= 11 is 1.90. The molecule has 1 aliphatic carbocycles. The highest BCUT2D eigenvalue weighted by atomic mass is 32.1. The van der Waals surface area contributed by atoms with E-state index in [0.29, 0.717) is 6.10 Å². The van der Waals surface area contributed by atoms with E-state index in [1.54, 1.807) is 0 Å². The molecule has 19 heavy (non-hydrogen) atoms. The lowest BCUT2D eigenvalue weighted by Crippen LogP contribution is -2.35.